The Balaban J connectivity index is 1.99. The largest absolute Gasteiger partial charge is 0.486 e. The summed E-state index contributed by atoms with van der Waals surface area (Å²) in [5.74, 6) is 0.509. The lowest BCUT2D eigenvalue weighted by Crippen LogP contribution is -2.02. The Morgan fingerprint density at radius 3 is 2.63 bits per heavy atom. The quantitative estimate of drug-likeness (QED) is 0.864. The van der Waals surface area contributed by atoms with Gasteiger partial charge in [-0.2, -0.15) is 0 Å². The molecular weight excluding hydrogens is 244 g/mol. The van der Waals surface area contributed by atoms with Crippen LogP contribution in [-0.4, -0.2) is 21.0 Å². The van der Waals surface area contributed by atoms with Crippen LogP contribution >= 0.6 is 0 Å². The van der Waals surface area contributed by atoms with Crippen LogP contribution in [0.15, 0.2) is 24.3 Å². The minimum Gasteiger partial charge on any atom is -0.486 e. The van der Waals surface area contributed by atoms with Gasteiger partial charge in [0.2, 0.25) is 0 Å². The van der Waals surface area contributed by atoms with Gasteiger partial charge in [-0.15, -0.1) is 0 Å². The number of aliphatic carboxylic acids is 1. The molecule has 0 bridgehead atoms. The van der Waals surface area contributed by atoms with E-state index in [0.717, 1.165) is 11.4 Å². The molecule has 1 heterocycles. The summed E-state index contributed by atoms with van der Waals surface area (Å²) in [4.78, 5) is 17.9. The number of hydrogen-bond acceptors (Lipinski definition) is 3. The van der Waals surface area contributed by atoms with Crippen LogP contribution in [0.25, 0.3) is 0 Å². The normalized spacial score (nSPS) is 10.4. The van der Waals surface area contributed by atoms with Gasteiger partial charge < -0.3 is 14.8 Å². The Morgan fingerprint density at radius 1 is 1.32 bits per heavy atom. The lowest BCUT2D eigenvalue weighted by atomic mass is 10.2. The van der Waals surface area contributed by atoms with Gasteiger partial charge in [-0.3, -0.25) is 4.79 Å². The number of hydrogen-bond donors (Lipinski definition) is 2. The number of nitrogens with zero attached hydrogens (tertiary/aromatic N) is 1. The molecule has 1 aromatic carbocycles. The van der Waals surface area contributed by atoms with Crippen molar-refractivity contribution >= 4 is 5.97 Å². The number of imidazole rings is 1. The van der Waals surface area contributed by atoms with Gasteiger partial charge in [0.1, 0.15) is 18.2 Å². The van der Waals surface area contributed by atoms with Crippen LogP contribution in [0.1, 0.15) is 22.8 Å². The second-order valence-corrected chi connectivity index (χ2v) is 4.43. The molecule has 0 aliphatic heterocycles. The topological polar surface area (TPSA) is 75.2 Å². The molecule has 19 heavy (non-hydrogen) atoms. The molecule has 0 atom stereocenters. The van der Waals surface area contributed by atoms with E-state index in [1.54, 1.807) is 6.92 Å². The fourth-order valence-electron chi connectivity index (χ4n) is 1.73. The summed E-state index contributed by atoms with van der Waals surface area (Å²) in [6.45, 7) is 4.11. The number of aromatic nitrogens is 2. The van der Waals surface area contributed by atoms with Crippen LogP contribution in [0.5, 0.6) is 5.75 Å². The van der Waals surface area contributed by atoms with Crippen LogP contribution < -0.4 is 4.74 Å². The summed E-state index contributed by atoms with van der Waals surface area (Å²) < 4.78 is 5.58. The molecule has 100 valence electrons. The van der Waals surface area contributed by atoms with Gasteiger partial charge in [0.05, 0.1) is 12.1 Å². The summed E-state index contributed by atoms with van der Waals surface area (Å²) in [6.07, 6.45) is -0.0765. The maximum Gasteiger partial charge on any atom is 0.309 e. The van der Waals surface area contributed by atoms with E-state index in [-0.39, 0.29) is 6.42 Å². The number of carboxylic acid groups (broad SMARTS) is 1. The van der Waals surface area contributed by atoms with E-state index in [1.807, 2.05) is 31.2 Å². The molecule has 2 aromatic rings. The number of ether oxygens (including phenoxy) is 1. The van der Waals surface area contributed by atoms with E-state index in [1.165, 1.54) is 5.56 Å². The Kier molecular flexibility index (Phi) is 3.85. The molecule has 0 radical (unpaired) electrons. The van der Waals surface area contributed by atoms with Crippen molar-refractivity contribution in [2.24, 2.45) is 0 Å². The van der Waals surface area contributed by atoms with Crippen molar-refractivity contribution in [2.75, 3.05) is 0 Å². The first kappa shape index (κ1) is 13.1. The van der Waals surface area contributed by atoms with Gasteiger partial charge in [0, 0.05) is 5.69 Å². The van der Waals surface area contributed by atoms with Crippen LogP contribution in [-0.2, 0) is 17.8 Å². The third-order valence-corrected chi connectivity index (χ3v) is 2.75. The first-order valence-electron chi connectivity index (χ1n) is 6.00. The minimum absolute atomic E-state index is 0.0765. The van der Waals surface area contributed by atoms with E-state index in [4.69, 9.17) is 9.84 Å². The highest BCUT2D eigenvalue weighted by atomic mass is 16.5. The Bertz CT molecular complexity index is 573. The number of aryl methyl sites for hydroxylation is 2. The third-order valence-electron chi connectivity index (χ3n) is 2.75. The molecule has 0 aliphatic carbocycles. The highest BCUT2D eigenvalue weighted by Gasteiger charge is 2.10. The van der Waals surface area contributed by atoms with Gasteiger partial charge in [-0.25, -0.2) is 4.98 Å². The molecule has 5 nitrogen and oxygen atoms in total. The number of benzene rings is 1. The van der Waals surface area contributed by atoms with E-state index in [9.17, 15) is 4.79 Å². The SMILES string of the molecule is Cc1ccc(OCc2nc(CC(=O)O)c(C)[nH]2)cc1. The summed E-state index contributed by atoms with van der Waals surface area (Å²) in [7, 11) is 0. The summed E-state index contributed by atoms with van der Waals surface area (Å²) in [5, 5.41) is 8.75. The maximum absolute atomic E-state index is 10.7. The van der Waals surface area contributed by atoms with Crippen molar-refractivity contribution < 1.29 is 14.6 Å². The summed E-state index contributed by atoms with van der Waals surface area (Å²) in [5.41, 5.74) is 2.49. The van der Waals surface area contributed by atoms with Crippen molar-refractivity contribution in [2.45, 2.75) is 26.9 Å². The van der Waals surface area contributed by atoms with Crippen LogP contribution in [0.4, 0.5) is 0 Å². The first-order chi connectivity index (χ1) is 9.04. The smallest absolute Gasteiger partial charge is 0.309 e. The molecule has 0 spiro atoms. The lowest BCUT2D eigenvalue weighted by Gasteiger charge is -2.03. The number of H-pyrrole nitrogens is 1. The first-order valence-corrected chi connectivity index (χ1v) is 6.00. The van der Waals surface area contributed by atoms with Crippen LogP contribution in [0, 0.1) is 13.8 Å². The van der Waals surface area contributed by atoms with Gasteiger partial charge >= 0.3 is 5.97 Å². The maximum atomic E-state index is 10.7. The number of rotatable bonds is 5. The van der Waals surface area contributed by atoms with Gasteiger partial charge in [-0.1, -0.05) is 17.7 Å². The fraction of sp³-hybridized carbons (Fsp3) is 0.286. The molecule has 0 saturated carbocycles. The number of carbonyl (C=O) groups is 1. The van der Waals surface area contributed by atoms with Crippen molar-refractivity contribution in [3.8, 4) is 5.75 Å². The van der Waals surface area contributed by atoms with E-state index >= 15 is 0 Å². The minimum atomic E-state index is -0.888. The molecule has 5 heteroatoms. The zero-order chi connectivity index (χ0) is 13.8. The van der Waals surface area contributed by atoms with Gasteiger partial charge in [0.25, 0.3) is 0 Å². The van der Waals surface area contributed by atoms with Crippen molar-refractivity contribution in [1.82, 2.24) is 9.97 Å². The van der Waals surface area contributed by atoms with Gasteiger partial charge in [-0.05, 0) is 26.0 Å². The van der Waals surface area contributed by atoms with Crippen LogP contribution in [0.2, 0.25) is 0 Å². The van der Waals surface area contributed by atoms with E-state index < -0.39 is 5.97 Å². The highest BCUT2D eigenvalue weighted by molar-refractivity contribution is 5.69. The molecule has 0 fully saturated rings. The van der Waals surface area contributed by atoms with Crippen molar-refractivity contribution in [3.05, 3.63) is 47.0 Å². The standard InChI is InChI=1S/C14H16N2O3/c1-9-3-5-11(6-4-9)19-8-13-15-10(2)12(16-13)7-14(17)18/h3-6H,7-8H2,1-2H3,(H,15,16)(H,17,18). The monoisotopic (exact) mass is 260 g/mol. The third kappa shape index (κ3) is 3.58. The van der Waals surface area contributed by atoms with Gasteiger partial charge in [0.15, 0.2) is 0 Å². The second kappa shape index (κ2) is 5.56. The number of carboxylic acids is 1. The van der Waals surface area contributed by atoms with E-state index in [2.05, 4.69) is 9.97 Å². The number of nitrogens with one attached hydrogen (secondary N) is 1. The van der Waals surface area contributed by atoms with Crippen molar-refractivity contribution in [1.29, 1.82) is 0 Å². The molecule has 2 N–H and O–H groups in total. The molecule has 1 aromatic heterocycles. The molecule has 0 amide bonds. The highest BCUT2D eigenvalue weighted by Crippen LogP contribution is 2.14. The zero-order valence-electron chi connectivity index (χ0n) is 10.9. The number of aromatic amines is 1. The Labute approximate surface area is 111 Å². The zero-order valence-corrected chi connectivity index (χ0v) is 10.9. The molecule has 2 rings (SSSR count). The summed E-state index contributed by atoms with van der Waals surface area (Å²) in [6, 6.07) is 7.73. The van der Waals surface area contributed by atoms with Crippen molar-refractivity contribution in [3.63, 3.8) is 0 Å². The molecular formula is C14H16N2O3. The Morgan fingerprint density at radius 2 is 2.00 bits per heavy atom. The predicted octanol–water partition coefficient (Wildman–Crippen LogP) is 2.23. The molecule has 0 unspecified atom stereocenters. The van der Waals surface area contributed by atoms with Crippen LogP contribution in [0.3, 0.4) is 0 Å². The molecule has 0 aliphatic rings. The fourth-order valence-corrected chi connectivity index (χ4v) is 1.73. The average molecular weight is 260 g/mol. The lowest BCUT2D eigenvalue weighted by molar-refractivity contribution is -0.136. The summed E-state index contributed by atoms with van der Waals surface area (Å²) >= 11 is 0. The van der Waals surface area contributed by atoms with E-state index in [0.29, 0.717) is 18.1 Å². The average Bonchev–Trinajstić information content (AvgIpc) is 2.69. The Hall–Kier alpha value is -2.30. The molecule has 0 saturated heterocycles. The second-order valence-electron chi connectivity index (χ2n) is 4.43. The predicted molar refractivity (Wildman–Crippen MR) is 70.2 cm³/mol.